The van der Waals surface area contributed by atoms with Crippen LogP contribution in [-0.4, -0.2) is 7.11 Å². The lowest BCUT2D eigenvalue weighted by Crippen LogP contribution is -2.12. The summed E-state index contributed by atoms with van der Waals surface area (Å²) in [4.78, 5) is 0. The standard InChI is InChI=1S/C13H14BrNO2/c1-8-5-6-17-13(8)12(15)9-3-4-11(16-2)10(14)7-9/h3-7,12H,15H2,1-2H3. The highest BCUT2D eigenvalue weighted by molar-refractivity contribution is 9.10. The number of methoxy groups -OCH3 is 1. The minimum atomic E-state index is -0.257. The molecule has 1 atom stereocenters. The van der Waals surface area contributed by atoms with Gasteiger partial charge in [-0.3, -0.25) is 0 Å². The maximum absolute atomic E-state index is 6.17. The normalized spacial score (nSPS) is 12.5. The van der Waals surface area contributed by atoms with Crippen LogP contribution in [0.25, 0.3) is 0 Å². The van der Waals surface area contributed by atoms with Gasteiger partial charge in [-0.25, -0.2) is 0 Å². The van der Waals surface area contributed by atoms with E-state index in [-0.39, 0.29) is 6.04 Å². The largest absolute Gasteiger partial charge is 0.496 e. The van der Waals surface area contributed by atoms with E-state index in [0.29, 0.717) is 0 Å². The Hall–Kier alpha value is -1.26. The molecule has 1 heterocycles. The Labute approximate surface area is 109 Å². The van der Waals surface area contributed by atoms with Crippen LogP contribution in [0.5, 0.6) is 5.75 Å². The van der Waals surface area contributed by atoms with Crippen LogP contribution in [0.4, 0.5) is 0 Å². The van der Waals surface area contributed by atoms with Crippen molar-refractivity contribution in [2.24, 2.45) is 5.73 Å². The molecule has 4 heteroatoms. The van der Waals surface area contributed by atoms with Crippen molar-refractivity contribution in [1.82, 2.24) is 0 Å². The SMILES string of the molecule is COc1ccc(C(N)c2occc2C)cc1Br. The van der Waals surface area contributed by atoms with Gasteiger partial charge in [-0.2, -0.15) is 0 Å². The lowest BCUT2D eigenvalue weighted by Gasteiger charge is -2.12. The molecule has 1 aromatic heterocycles. The fraction of sp³-hybridized carbons (Fsp3) is 0.231. The Kier molecular flexibility index (Phi) is 3.54. The van der Waals surface area contributed by atoms with Gasteiger partial charge in [0.05, 0.1) is 23.9 Å². The number of halogens is 1. The number of hydrogen-bond acceptors (Lipinski definition) is 3. The number of hydrogen-bond donors (Lipinski definition) is 1. The van der Waals surface area contributed by atoms with Crippen LogP contribution in [0.15, 0.2) is 39.4 Å². The highest BCUT2D eigenvalue weighted by atomic mass is 79.9. The Bertz CT molecular complexity index is 522. The highest BCUT2D eigenvalue weighted by Gasteiger charge is 2.15. The number of ether oxygens (including phenoxy) is 1. The summed E-state index contributed by atoms with van der Waals surface area (Å²) in [5.41, 5.74) is 8.21. The van der Waals surface area contributed by atoms with Crippen molar-refractivity contribution in [3.8, 4) is 5.75 Å². The Balaban J connectivity index is 2.35. The maximum Gasteiger partial charge on any atom is 0.133 e. The first-order valence-electron chi connectivity index (χ1n) is 5.26. The highest BCUT2D eigenvalue weighted by Crippen LogP contribution is 2.30. The molecule has 0 fully saturated rings. The zero-order valence-corrected chi connectivity index (χ0v) is 11.3. The Morgan fingerprint density at radius 1 is 1.35 bits per heavy atom. The van der Waals surface area contributed by atoms with Crippen molar-refractivity contribution in [2.75, 3.05) is 7.11 Å². The number of benzene rings is 1. The predicted octanol–water partition coefficient (Wildman–Crippen LogP) is 3.41. The van der Waals surface area contributed by atoms with Crippen LogP contribution in [-0.2, 0) is 0 Å². The third-order valence-electron chi connectivity index (χ3n) is 2.72. The molecule has 90 valence electrons. The molecule has 0 saturated carbocycles. The van der Waals surface area contributed by atoms with E-state index >= 15 is 0 Å². The van der Waals surface area contributed by atoms with Crippen molar-refractivity contribution in [1.29, 1.82) is 0 Å². The minimum absolute atomic E-state index is 0.257. The molecule has 0 bridgehead atoms. The lowest BCUT2D eigenvalue weighted by molar-refractivity contribution is 0.411. The lowest BCUT2D eigenvalue weighted by atomic mass is 10.0. The zero-order valence-electron chi connectivity index (χ0n) is 9.74. The van der Waals surface area contributed by atoms with E-state index in [2.05, 4.69) is 15.9 Å². The van der Waals surface area contributed by atoms with E-state index in [0.717, 1.165) is 27.1 Å². The van der Waals surface area contributed by atoms with Crippen LogP contribution in [0.3, 0.4) is 0 Å². The number of rotatable bonds is 3. The van der Waals surface area contributed by atoms with E-state index in [4.69, 9.17) is 14.9 Å². The molecule has 1 aromatic carbocycles. The monoisotopic (exact) mass is 295 g/mol. The molecule has 17 heavy (non-hydrogen) atoms. The quantitative estimate of drug-likeness (QED) is 0.944. The molecule has 1 unspecified atom stereocenters. The number of furan rings is 1. The first-order chi connectivity index (χ1) is 8.13. The van der Waals surface area contributed by atoms with Crippen molar-refractivity contribution in [2.45, 2.75) is 13.0 Å². The average molecular weight is 296 g/mol. The number of aryl methyl sites for hydroxylation is 1. The summed E-state index contributed by atoms with van der Waals surface area (Å²) < 4.78 is 11.5. The molecule has 0 aliphatic rings. The fourth-order valence-electron chi connectivity index (χ4n) is 1.73. The van der Waals surface area contributed by atoms with Gasteiger partial charge < -0.3 is 14.9 Å². The van der Waals surface area contributed by atoms with E-state index in [1.807, 2.05) is 31.2 Å². The van der Waals surface area contributed by atoms with Crippen molar-refractivity contribution in [3.63, 3.8) is 0 Å². The predicted molar refractivity (Wildman–Crippen MR) is 70.2 cm³/mol. The Morgan fingerprint density at radius 3 is 2.65 bits per heavy atom. The van der Waals surface area contributed by atoms with Crippen LogP contribution < -0.4 is 10.5 Å². The molecule has 2 aromatic rings. The van der Waals surface area contributed by atoms with Crippen LogP contribution >= 0.6 is 15.9 Å². The van der Waals surface area contributed by atoms with Gasteiger partial charge in [0.15, 0.2) is 0 Å². The smallest absolute Gasteiger partial charge is 0.133 e. The second-order valence-corrected chi connectivity index (χ2v) is 4.69. The van der Waals surface area contributed by atoms with Gasteiger partial charge in [-0.15, -0.1) is 0 Å². The van der Waals surface area contributed by atoms with Crippen LogP contribution in [0, 0.1) is 6.92 Å². The van der Waals surface area contributed by atoms with E-state index in [1.54, 1.807) is 13.4 Å². The molecule has 0 amide bonds. The van der Waals surface area contributed by atoms with Gasteiger partial charge in [-0.05, 0) is 52.2 Å². The topological polar surface area (TPSA) is 48.4 Å². The summed E-state index contributed by atoms with van der Waals surface area (Å²) in [6.45, 7) is 1.98. The van der Waals surface area contributed by atoms with Crippen molar-refractivity contribution < 1.29 is 9.15 Å². The third kappa shape index (κ3) is 2.37. The van der Waals surface area contributed by atoms with E-state index < -0.39 is 0 Å². The molecule has 0 aliphatic carbocycles. The van der Waals surface area contributed by atoms with Gasteiger partial charge in [0.25, 0.3) is 0 Å². The molecular weight excluding hydrogens is 282 g/mol. The summed E-state index contributed by atoms with van der Waals surface area (Å²) >= 11 is 3.45. The molecule has 0 radical (unpaired) electrons. The molecule has 0 saturated heterocycles. The van der Waals surface area contributed by atoms with Gasteiger partial charge in [-0.1, -0.05) is 6.07 Å². The van der Waals surface area contributed by atoms with Gasteiger partial charge in [0, 0.05) is 0 Å². The summed E-state index contributed by atoms with van der Waals surface area (Å²) in [5.74, 6) is 1.58. The molecular formula is C13H14BrNO2. The summed E-state index contributed by atoms with van der Waals surface area (Å²) in [7, 11) is 1.64. The average Bonchev–Trinajstić information content (AvgIpc) is 2.74. The van der Waals surface area contributed by atoms with Gasteiger partial charge >= 0.3 is 0 Å². The zero-order chi connectivity index (χ0) is 12.4. The summed E-state index contributed by atoms with van der Waals surface area (Å²) in [6.07, 6.45) is 1.66. The number of nitrogens with two attached hydrogens (primary N) is 1. The first kappa shape index (κ1) is 12.2. The van der Waals surface area contributed by atoms with E-state index in [9.17, 15) is 0 Å². The van der Waals surface area contributed by atoms with Crippen LogP contribution in [0.2, 0.25) is 0 Å². The molecule has 2 rings (SSSR count). The van der Waals surface area contributed by atoms with Gasteiger partial charge in [0.2, 0.25) is 0 Å². The van der Waals surface area contributed by atoms with Crippen molar-refractivity contribution >= 4 is 15.9 Å². The van der Waals surface area contributed by atoms with Crippen molar-refractivity contribution in [3.05, 3.63) is 51.9 Å². The second kappa shape index (κ2) is 4.94. The first-order valence-corrected chi connectivity index (χ1v) is 6.05. The molecule has 2 N–H and O–H groups in total. The fourth-order valence-corrected chi connectivity index (χ4v) is 2.29. The van der Waals surface area contributed by atoms with E-state index in [1.165, 1.54) is 0 Å². The third-order valence-corrected chi connectivity index (χ3v) is 3.34. The summed E-state index contributed by atoms with van der Waals surface area (Å²) in [5, 5.41) is 0. The maximum atomic E-state index is 6.17. The molecule has 3 nitrogen and oxygen atoms in total. The molecule has 0 aliphatic heterocycles. The summed E-state index contributed by atoms with van der Waals surface area (Å²) in [6, 6.07) is 7.43. The second-order valence-electron chi connectivity index (χ2n) is 3.84. The molecule has 0 spiro atoms. The minimum Gasteiger partial charge on any atom is -0.496 e. The Morgan fingerprint density at radius 2 is 2.12 bits per heavy atom. The van der Waals surface area contributed by atoms with Crippen LogP contribution in [0.1, 0.15) is 22.9 Å². The van der Waals surface area contributed by atoms with Gasteiger partial charge in [0.1, 0.15) is 11.5 Å².